The minimum atomic E-state index is -3.56. The Balaban J connectivity index is 2.35. The molecule has 0 fully saturated rings. The molecule has 1 aromatic carbocycles. The van der Waals surface area contributed by atoms with Crippen LogP contribution in [0.15, 0.2) is 52.1 Å². The Hall–Kier alpha value is -1.21. The van der Waals surface area contributed by atoms with E-state index < -0.39 is 15.6 Å². The van der Waals surface area contributed by atoms with Crippen LogP contribution >= 0.6 is 11.3 Å². The van der Waals surface area contributed by atoms with Crippen LogP contribution < -0.4 is 4.72 Å². The second kappa shape index (κ2) is 6.05. The molecular weight excluding hydrogens is 294 g/mol. The van der Waals surface area contributed by atoms with Gasteiger partial charge in [-0.1, -0.05) is 36.4 Å². The summed E-state index contributed by atoms with van der Waals surface area (Å²) in [6.45, 7) is 2.07. The second-order valence-corrected chi connectivity index (χ2v) is 7.53. The van der Waals surface area contributed by atoms with Crippen LogP contribution in [0.3, 0.4) is 0 Å². The zero-order valence-corrected chi connectivity index (χ0v) is 13.0. The average Bonchev–Trinajstić information content (AvgIpc) is 2.94. The molecule has 4 nitrogen and oxygen atoms in total. The number of thiophene rings is 1. The Morgan fingerprint density at radius 3 is 2.45 bits per heavy atom. The van der Waals surface area contributed by atoms with Crippen LogP contribution in [0, 0.1) is 0 Å². The molecule has 0 radical (unpaired) electrons. The van der Waals surface area contributed by atoms with E-state index in [1.807, 2.05) is 37.3 Å². The van der Waals surface area contributed by atoms with Crippen LogP contribution in [0.25, 0.3) is 0 Å². The number of nitrogens with one attached hydrogen (secondary N) is 1. The van der Waals surface area contributed by atoms with Crippen molar-refractivity contribution < 1.29 is 13.2 Å². The highest BCUT2D eigenvalue weighted by Gasteiger charge is 2.32. The molecule has 1 heterocycles. The molecule has 0 saturated carbocycles. The van der Waals surface area contributed by atoms with E-state index in [4.69, 9.17) is 4.74 Å². The molecule has 0 aliphatic carbocycles. The number of ether oxygens (including phenoxy) is 1. The fourth-order valence-electron chi connectivity index (χ4n) is 2.03. The van der Waals surface area contributed by atoms with Gasteiger partial charge in [-0.2, -0.15) is 4.72 Å². The van der Waals surface area contributed by atoms with Gasteiger partial charge in [0.25, 0.3) is 10.0 Å². The summed E-state index contributed by atoms with van der Waals surface area (Å²) in [7, 11) is -2.00. The summed E-state index contributed by atoms with van der Waals surface area (Å²) in [5.41, 5.74) is 0.0562. The smallest absolute Gasteiger partial charge is 0.250 e. The Morgan fingerprint density at radius 2 is 1.90 bits per heavy atom. The maximum absolute atomic E-state index is 12.4. The minimum absolute atomic E-state index is 0.252. The Kier molecular flexibility index (Phi) is 4.59. The largest absolute Gasteiger partial charge is 0.382 e. The van der Waals surface area contributed by atoms with Crippen LogP contribution in [-0.4, -0.2) is 22.1 Å². The highest BCUT2D eigenvalue weighted by molar-refractivity contribution is 7.91. The molecule has 2 rings (SSSR count). The lowest BCUT2D eigenvalue weighted by atomic mass is 9.94. The van der Waals surface area contributed by atoms with E-state index in [0.29, 0.717) is 4.21 Å². The first-order chi connectivity index (χ1) is 9.48. The molecule has 1 atom stereocenters. The van der Waals surface area contributed by atoms with E-state index in [1.165, 1.54) is 11.3 Å². The second-order valence-electron chi connectivity index (χ2n) is 4.67. The van der Waals surface area contributed by atoms with Gasteiger partial charge in [-0.25, -0.2) is 8.42 Å². The SMILES string of the molecule is COCC(C)(NS(=O)(=O)c1cccs1)c1ccccc1. The van der Waals surface area contributed by atoms with Crippen LogP contribution in [-0.2, 0) is 20.3 Å². The highest BCUT2D eigenvalue weighted by Crippen LogP contribution is 2.25. The average molecular weight is 311 g/mol. The molecule has 0 amide bonds. The van der Waals surface area contributed by atoms with Gasteiger partial charge in [0, 0.05) is 7.11 Å². The first-order valence-electron chi connectivity index (χ1n) is 6.10. The summed E-state index contributed by atoms with van der Waals surface area (Å²) >= 11 is 1.19. The van der Waals surface area contributed by atoms with Gasteiger partial charge < -0.3 is 4.74 Å². The molecule has 1 unspecified atom stereocenters. The predicted octanol–water partition coefficient (Wildman–Crippen LogP) is 2.59. The number of rotatable bonds is 6. The first-order valence-corrected chi connectivity index (χ1v) is 8.46. The van der Waals surface area contributed by atoms with Crippen LogP contribution in [0.2, 0.25) is 0 Å². The van der Waals surface area contributed by atoms with E-state index in [-0.39, 0.29) is 6.61 Å². The fraction of sp³-hybridized carbons (Fsp3) is 0.286. The third-order valence-corrected chi connectivity index (χ3v) is 5.96. The first kappa shape index (κ1) is 15.2. The molecule has 1 N–H and O–H groups in total. The molecule has 20 heavy (non-hydrogen) atoms. The highest BCUT2D eigenvalue weighted by atomic mass is 32.2. The van der Waals surface area contributed by atoms with Gasteiger partial charge in [-0.05, 0) is 23.9 Å². The zero-order chi connectivity index (χ0) is 14.6. The standard InChI is InChI=1S/C14H17NO3S2/c1-14(11-18-2,12-7-4-3-5-8-12)15-20(16,17)13-9-6-10-19-13/h3-10,15H,11H2,1-2H3. The molecule has 108 valence electrons. The molecular formula is C14H17NO3S2. The topological polar surface area (TPSA) is 55.4 Å². The van der Waals surface area contributed by atoms with Crippen molar-refractivity contribution >= 4 is 21.4 Å². The Morgan fingerprint density at radius 1 is 1.20 bits per heavy atom. The lowest BCUT2D eigenvalue weighted by Crippen LogP contribution is -2.46. The van der Waals surface area contributed by atoms with Crippen LogP contribution in [0.5, 0.6) is 0 Å². The Bertz CT molecular complexity index is 638. The van der Waals surface area contributed by atoms with E-state index in [1.54, 1.807) is 24.6 Å². The molecule has 2 aromatic rings. The normalized spacial score (nSPS) is 14.9. The van der Waals surface area contributed by atoms with Crippen LogP contribution in [0.1, 0.15) is 12.5 Å². The third kappa shape index (κ3) is 3.27. The fourth-order valence-corrected chi connectivity index (χ4v) is 4.40. The lowest BCUT2D eigenvalue weighted by Gasteiger charge is -2.30. The third-order valence-electron chi connectivity index (χ3n) is 2.96. The summed E-state index contributed by atoms with van der Waals surface area (Å²) in [4.78, 5) is 0. The van der Waals surface area contributed by atoms with E-state index in [2.05, 4.69) is 4.72 Å². The van der Waals surface area contributed by atoms with Gasteiger partial charge in [-0.15, -0.1) is 11.3 Å². The van der Waals surface area contributed by atoms with Gasteiger partial charge in [0.15, 0.2) is 0 Å². The van der Waals surface area contributed by atoms with Crippen LogP contribution in [0.4, 0.5) is 0 Å². The van der Waals surface area contributed by atoms with Crippen molar-refractivity contribution in [1.82, 2.24) is 4.72 Å². The van der Waals surface area contributed by atoms with Gasteiger partial charge >= 0.3 is 0 Å². The molecule has 6 heteroatoms. The summed E-state index contributed by atoms with van der Waals surface area (Å²) in [6.07, 6.45) is 0. The van der Waals surface area contributed by atoms with E-state index in [0.717, 1.165) is 5.56 Å². The van der Waals surface area contributed by atoms with Gasteiger partial charge in [0.05, 0.1) is 12.1 Å². The van der Waals surface area contributed by atoms with Crippen molar-refractivity contribution in [3.8, 4) is 0 Å². The lowest BCUT2D eigenvalue weighted by molar-refractivity contribution is 0.132. The predicted molar refractivity (Wildman–Crippen MR) is 80.3 cm³/mol. The number of methoxy groups -OCH3 is 1. The summed E-state index contributed by atoms with van der Waals surface area (Å²) < 4.78 is 33.1. The van der Waals surface area contributed by atoms with Crippen molar-refractivity contribution in [2.24, 2.45) is 0 Å². The van der Waals surface area contributed by atoms with Gasteiger partial charge in [0.2, 0.25) is 0 Å². The monoisotopic (exact) mass is 311 g/mol. The molecule has 0 saturated heterocycles. The summed E-state index contributed by atoms with van der Waals surface area (Å²) in [6, 6.07) is 12.7. The van der Waals surface area contributed by atoms with Crippen molar-refractivity contribution in [3.05, 3.63) is 53.4 Å². The van der Waals surface area contributed by atoms with Crippen molar-refractivity contribution in [3.63, 3.8) is 0 Å². The molecule has 0 aliphatic rings. The van der Waals surface area contributed by atoms with E-state index in [9.17, 15) is 8.42 Å². The number of sulfonamides is 1. The van der Waals surface area contributed by atoms with Gasteiger partial charge in [-0.3, -0.25) is 0 Å². The maximum atomic E-state index is 12.4. The quantitative estimate of drug-likeness (QED) is 0.892. The zero-order valence-electron chi connectivity index (χ0n) is 11.4. The maximum Gasteiger partial charge on any atom is 0.250 e. The Labute approximate surface area is 123 Å². The summed E-state index contributed by atoms with van der Waals surface area (Å²) in [5, 5.41) is 1.74. The van der Waals surface area contributed by atoms with Crippen molar-refractivity contribution in [1.29, 1.82) is 0 Å². The van der Waals surface area contributed by atoms with Gasteiger partial charge in [0.1, 0.15) is 4.21 Å². The number of hydrogen-bond acceptors (Lipinski definition) is 4. The minimum Gasteiger partial charge on any atom is -0.382 e. The number of benzene rings is 1. The number of hydrogen-bond donors (Lipinski definition) is 1. The van der Waals surface area contributed by atoms with Crippen molar-refractivity contribution in [2.75, 3.05) is 13.7 Å². The molecule has 1 aromatic heterocycles. The molecule has 0 spiro atoms. The molecule has 0 bridgehead atoms. The molecule has 0 aliphatic heterocycles. The summed E-state index contributed by atoms with van der Waals surface area (Å²) in [5.74, 6) is 0. The van der Waals surface area contributed by atoms with E-state index >= 15 is 0 Å². The van der Waals surface area contributed by atoms with Crippen molar-refractivity contribution in [2.45, 2.75) is 16.7 Å².